The lowest BCUT2D eigenvalue weighted by atomic mass is 10.2. The van der Waals surface area contributed by atoms with E-state index in [1.807, 2.05) is 22.6 Å². The van der Waals surface area contributed by atoms with Gasteiger partial charge >= 0.3 is 0 Å². The Morgan fingerprint density at radius 2 is 2.24 bits per heavy atom. The molecule has 0 saturated carbocycles. The van der Waals surface area contributed by atoms with Gasteiger partial charge in [-0.05, 0) is 47.7 Å². The Bertz CT molecular complexity index is 462. The Balaban J connectivity index is 2.80. The van der Waals surface area contributed by atoms with Gasteiger partial charge in [0.15, 0.2) is 5.84 Å². The van der Waals surface area contributed by atoms with Crippen molar-refractivity contribution in [3.05, 3.63) is 27.3 Å². The Morgan fingerprint density at radius 3 is 2.76 bits per heavy atom. The van der Waals surface area contributed by atoms with Gasteiger partial charge in [0.2, 0.25) is 0 Å². The third kappa shape index (κ3) is 3.48. The number of carbonyl (C=O) groups excluding carboxylic acids is 1. The van der Waals surface area contributed by atoms with Crippen molar-refractivity contribution >= 4 is 34.3 Å². The predicted molar refractivity (Wildman–Crippen MR) is 71.2 cm³/mol. The molecule has 17 heavy (non-hydrogen) atoms. The van der Waals surface area contributed by atoms with Gasteiger partial charge in [0.05, 0.1) is 9.61 Å². The summed E-state index contributed by atoms with van der Waals surface area (Å²) in [7, 11) is 0. The molecule has 6 nitrogen and oxygen atoms in total. The minimum atomic E-state index is -0.589. The first kappa shape index (κ1) is 13.6. The number of nitrogens with zero attached hydrogens (tertiary/aromatic N) is 1. The molecule has 0 spiro atoms. The third-order valence-corrected chi connectivity index (χ3v) is 3.03. The molecule has 1 unspecified atom stereocenters. The summed E-state index contributed by atoms with van der Waals surface area (Å²) in [6, 6.07) is 3.97. The average Bonchev–Trinajstić information content (AvgIpc) is 2.31. The number of aromatic hydroxyl groups is 1. The van der Waals surface area contributed by atoms with Crippen LogP contribution >= 0.6 is 22.6 Å². The van der Waals surface area contributed by atoms with Crippen LogP contribution in [-0.4, -0.2) is 28.1 Å². The molecule has 5 N–H and O–H groups in total. The number of carbonyl (C=O) groups is 1. The molecule has 0 aliphatic heterocycles. The van der Waals surface area contributed by atoms with E-state index in [9.17, 15) is 9.90 Å². The van der Waals surface area contributed by atoms with Crippen LogP contribution in [0, 0.1) is 3.57 Å². The lowest BCUT2D eigenvalue weighted by molar-refractivity contribution is 0.0948. The monoisotopic (exact) mass is 349 g/mol. The van der Waals surface area contributed by atoms with E-state index in [-0.39, 0.29) is 11.6 Å². The molecular weight excluding hydrogens is 337 g/mol. The van der Waals surface area contributed by atoms with Gasteiger partial charge in [-0.15, -0.1) is 0 Å². The van der Waals surface area contributed by atoms with Crippen LogP contribution in [0.3, 0.4) is 0 Å². The summed E-state index contributed by atoms with van der Waals surface area (Å²) in [5.41, 5.74) is 5.64. The summed E-state index contributed by atoms with van der Waals surface area (Å²) in [5.74, 6) is -0.460. The number of hydrogen-bond acceptors (Lipinski definition) is 4. The molecule has 1 atom stereocenters. The first-order valence-electron chi connectivity index (χ1n) is 4.72. The van der Waals surface area contributed by atoms with Crippen molar-refractivity contribution in [1.29, 1.82) is 0 Å². The number of amidine groups is 1. The average molecular weight is 349 g/mol. The number of phenolic OH excluding ortho intramolecular Hbond substituents is 1. The molecule has 0 aliphatic carbocycles. The highest BCUT2D eigenvalue weighted by Crippen LogP contribution is 2.20. The highest BCUT2D eigenvalue weighted by Gasteiger charge is 2.13. The second-order valence-corrected chi connectivity index (χ2v) is 4.55. The summed E-state index contributed by atoms with van der Waals surface area (Å²) in [5, 5.41) is 23.2. The first-order chi connectivity index (χ1) is 7.95. The quantitative estimate of drug-likeness (QED) is 0.213. The van der Waals surface area contributed by atoms with Crippen LogP contribution in [0.15, 0.2) is 23.4 Å². The van der Waals surface area contributed by atoms with Crippen LogP contribution in [0.1, 0.15) is 17.3 Å². The maximum atomic E-state index is 11.7. The number of oxime groups is 1. The highest BCUT2D eigenvalue weighted by atomic mass is 127. The van der Waals surface area contributed by atoms with E-state index in [1.165, 1.54) is 6.07 Å². The molecule has 0 bridgehead atoms. The topological polar surface area (TPSA) is 108 Å². The number of hydrogen-bond donors (Lipinski definition) is 4. The fourth-order valence-electron chi connectivity index (χ4n) is 1.09. The molecule has 0 heterocycles. The second kappa shape index (κ2) is 5.71. The number of nitrogens with two attached hydrogens (primary N) is 1. The zero-order valence-electron chi connectivity index (χ0n) is 9.01. The van der Waals surface area contributed by atoms with E-state index in [0.29, 0.717) is 9.13 Å². The summed E-state index contributed by atoms with van der Waals surface area (Å²) in [6.45, 7) is 1.58. The van der Waals surface area contributed by atoms with Gasteiger partial charge in [-0.3, -0.25) is 4.79 Å². The van der Waals surface area contributed by atoms with Gasteiger partial charge in [-0.2, -0.15) is 0 Å². The number of phenols is 1. The number of rotatable bonds is 3. The summed E-state index contributed by atoms with van der Waals surface area (Å²) in [6.07, 6.45) is 0. The molecular formula is C10H12IN3O3. The van der Waals surface area contributed by atoms with Gasteiger partial charge in [0, 0.05) is 5.56 Å². The van der Waals surface area contributed by atoms with E-state index in [4.69, 9.17) is 10.9 Å². The molecule has 1 aromatic carbocycles. The summed E-state index contributed by atoms with van der Waals surface area (Å²) >= 11 is 1.95. The maximum Gasteiger partial charge on any atom is 0.251 e. The van der Waals surface area contributed by atoms with E-state index < -0.39 is 11.9 Å². The zero-order chi connectivity index (χ0) is 13.0. The third-order valence-electron chi connectivity index (χ3n) is 2.12. The molecule has 92 valence electrons. The van der Waals surface area contributed by atoms with E-state index >= 15 is 0 Å². The van der Waals surface area contributed by atoms with Gasteiger partial charge in [0.25, 0.3) is 5.91 Å². The van der Waals surface area contributed by atoms with Crippen molar-refractivity contribution in [2.24, 2.45) is 10.9 Å². The van der Waals surface area contributed by atoms with Gasteiger partial charge in [-0.25, -0.2) is 0 Å². The Hall–Kier alpha value is -1.51. The SMILES string of the molecule is CC(NC(=O)c1ccc(I)c(O)c1)/C(N)=N/O. The molecule has 0 aliphatic rings. The molecule has 0 radical (unpaired) electrons. The van der Waals surface area contributed by atoms with E-state index in [1.54, 1.807) is 19.1 Å². The maximum absolute atomic E-state index is 11.7. The van der Waals surface area contributed by atoms with E-state index in [0.717, 1.165) is 0 Å². The number of amides is 1. The molecule has 1 aromatic rings. The number of nitrogens with one attached hydrogen (secondary N) is 1. The molecule has 0 aromatic heterocycles. The highest BCUT2D eigenvalue weighted by molar-refractivity contribution is 14.1. The van der Waals surface area contributed by atoms with Gasteiger partial charge in [0.1, 0.15) is 5.75 Å². The normalized spacial score (nSPS) is 13.2. The minimum Gasteiger partial charge on any atom is -0.507 e. The molecule has 0 saturated heterocycles. The van der Waals surface area contributed by atoms with Crippen molar-refractivity contribution in [3.8, 4) is 5.75 Å². The zero-order valence-corrected chi connectivity index (χ0v) is 11.2. The van der Waals surface area contributed by atoms with Crippen molar-refractivity contribution in [2.45, 2.75) is 13.0 Å². The first-order valence-corrected chi connectivity index (χ1v) is 5.80. The lowest BCUT2D eigenvalue weighted by Crippen LogP contribution is -2.42. The Kier molecular flexibility index (Phi) is 4.55. The summed E-state index contributed by atoms with van der Waals surface area (Å²) < 4.78 is 0.656. The van der Waals surface area contributed by atoms with Crippen LogP contribution in [0.25, 0.3) is 0 Å². The van der Waals surface area contributed by atoms with Gasteiger partial charge < -0.3 is 21.4 Å². The number of halogens is 1. The smallest absolute Gasteiger partial charge is 0.251 e. The predicted octanol–water partition coefficient (Wildman–Crippen LogP) is 0.862. The van der Waals surface area contributed by atoms with Crippen molar-refractivity contribution < 1.29 is 15.1 Å². The molecule has 7 heteroatoms. The fraction of sp³-hybridized carbons (Fsp3) is 0.200. The molecule has 1 amide bonds. The van der Waals surface area contributed by atoms with Crippen LogP contribution in [-0.2, 0) is 0 Å². The van der Waals surface area contributed by atoms with Crippen LogP contribution in [0.5, 0.6) is 5.75 Å². The van der Waals surface area contributed by atoms with Crippen molar-refractivity contribution in [1.82, 2.24) is 5.32 Å². The van der Waals surface area contributed by atoms with Crippen LogP contribution < -0.4 is 11.1 Å². The lowest BCUT2D eigenvalue weighted by Gasteiger charge is -2.12. The standard InChI is InChI=1S/C10H12IN3O3/c1-5(9(12)14-17)13-10(16)6-2-3-7(11)8(15)4-6/h2-5,15,17H,1H3,(H2,12,14)(H,13,16). The minimum absolute atomic E-state index is 0.0368. The Labute approximate surface area is 112 Å². The summed E-state index contributed by atoms with van der Waals surface area (Å²) in [4.78, 5) is 11.7. The number of benzene rings is 1. The van der Waals surface area contributed by atoms with Gasteiger partial charge in [-0.1, -0.05) is 5.16 Å². The molecule has 0 fully saturated rings. The fourth-order valence-corrected chi connectivity index (χ4v) is 1.43. The van der Waals surface area contributed by atoms with E-state index in [2.05, 4.69) is 10.5 Å². The van der Waals surface area contributed by atoms with Crippen molar-refractivity contribution in [2.75, 3.05) is 0 Å². The molecule has 1 rings (SSSR count). The Morgan fingerprint density at radius 1 is 1.59 bits per heavy atom. The largest absolute Gasteiger partial charge is 0.507 e. The van der Waals surface area contributed by atoms with Crippen LogP contribution in [0.4, 0.5) is 0 Å². The van der Waals surface area contributed by atoms with Crippen LogP contribution in [0.2, 0.25) is 0 Å². The van der Waals surface area contributed by atoms with Crippen molar-refractivity contribution in [3.63, 3.8) is 0 Å². The second-order valence-electron chi connectivity index (χ2n) is 3.39.